The molecule has 1 saturated heterocycles. The standard InChI is InChI=1S/C24H26N4O4S/c29-23-12-10-21(25-28(23)19-7-3-1-4-8-19)24(30)27-16-13-18-17-20(9-11-22(18)27)33(31,32)26-14-5-2-6-15-26/h1,3-4,7-9,11,17H,2,5-6,10,12-16H2. The summed E-state index contributed by atoms with van der Waals surface area (Å²) < 4.78 is 27.6. The Labute approximate surface area is 193 Å². The van der Waals surface area contributed by atoms with Crippen molar-refractivity contribution in [3.63, 3.8) is 0 Å². The molecule has 1 fully saturated rings. The van der Waals surface area contributed by atoms with E-state index in [9.17, 15) is 18.0 Å². The highest BCUT2D eigenvalue weighted by molar-refractivity contribution is 7.89. The quantitative estimate of drug-likeness (QED) is 0.693. The van der Waals surface area contributed by atoms with Gasteiger partial charge in [-0.05, 0) is 55.2 Å². The minimum atomic E-state index is -3.52. The number of fused-ring (bicyclic) bond motifs is 1. The number of hydrogen-bond donors (Lipinski definition) is 0. The maximum absolute atomic E-state index is 13.3. The van der Waals surface area contributed by atoms with Gasteiger partial charge in [0.2, 0.25) is 15.9 Å². The molecular weight excluding hydrogens is 440 g/mol. The number of nitrogens with zero attached hydrogens (tertiary/aromatic N) is 4. The molecule has 0 atom stereocenters. The number of hydrazone groups is 1. The molecule has 0 aliphatic carbocycles. The van der Waals surface area contributed by atoms with E-state index in [1.807, 2.05) is 18.2 Å². The van der Waals surface area contributed by atoms with Crippen molar-refractivity contribution in [2.45, 2.75) is 43.4 Å². The lowest BCUT2D eigenvalue weighted by atomic mass is 10.1. The summed E-state index contributed by atoms with van der Waals surface area (Å²) in [5, 5.41) is 5.67. The molecular formula is C24H26N4O4S. The molecule has 3 aliphatic rings. The Balaban J connectivity index is 1.39. The van der Waals surface area contributed by atoms with Gasteiger partial charge in [-0.3, -0.25) is 9.59 Å². The van der Waals surface area contributed by atoms with Crippen molar-refractivity contribution in [2.75, 3.05) is 29.5 Å². The number of rotatable bonds is 4. The number of piperidine rings is 1. The third-order valence-electron chi connectivity index (χ3n) is 6.42. The second-order valence-corrected chi connectivity index (χ2v) is 10.5. The molecule has 5 rings (SSSR count). The minimum Gasteiger partial charge on any atom is -0.307 e. The van der Waals surface area contributed by atoms with Crippen LogP contribution in [0.1, 0.15) is 37.7 Å². The smallest absolute Gasteiger partial charge is 0.274 e. The average Bonchev–Trinajstić information content (AvgIpc) is 3.28. The van der Waals surface area contributed by atoms with Gasteiger partial charge >= 0.3 is 0 Å². The summed E-state index contributed by atoms with van der Waals surface area (Å²) >= 11 is 0. The van der Waals surface area contributed by atoms with Crippen molar-refractivity contribution in [3.8, 4) is 0 Å². The molecule has 0 saturated carbocycles. The maximum atomic E-state index is 13.3. The summed E-state index contributed by atoms with van der Waals surface area (Å²) in [4.78, 5) is 27.6. The van der Waals surface area contributed by atoms with Crippen LogP contribution in [0.2, 0.25) is 0 Å². The van der Waals surface area contributed by atoms with Crippen molar-refractivity contribution < 1.29 is 18.0 Å². The number of carbonyl (C=O) groups is 2. The van der Waals surface area contributed by atoms with Gasteiger partial charge in [0.05, 0.1) is 10.6 Å². The van der Waals surface area contributed by atoms with E-state index in [2.05, 4.69) is 5.10 Å². The van der Waals surface area contributed by atoms with Crippen LogP contribution in [-0.4, -0.2) is 49.9 Å². The fraction of sp³-hybridized carbons (Fsp3) is 0.375. The van der Waals surface area contributed by atoms with Crippen molar-refractivity contribution in [1.29, 1.82) is 0 Å². The largest absolute Gasteiger partial charge is 0.307 e. The third kappa shape index (κ3) is 4.06. The number of benzene rings is 2. The first-order valence-electron chi connectivity index (χ1n) is 11.4. The second-order valence-electron chi connectivity index (χ2n) is 8.55. The van der Waals surface area contributed by atoms with Gasteiger partial charge in [-0.2, -0.15) is 9.41 Å². The van der Waals surface area contributed by atoms with Crippen LogP contribution in [0.5, 0.6) is 0 Å². The molecule has 2 amide bonds. The lowest BCUT2D eigenvalue weighted by Crippen LogP contribution is -2.41. The van der Waals surface area contributed by atoms with E-state index in [4.69, 9.17) is 0 Å². The number of sulfonamides is 1. The van der Waals surface area contributed by atoms with E-state index in [1.165, 1.54) is 5.01 Å². The zero-order chi connectivity index (χ0) is 23.0. The minimum absolute atomic E-state index is 0.146. The number of para-hydroxylation sites is 1. The Morgan fingerprint density at radius 2 is 1.64 bits per heavy atom. The first-order chi connectivity index (χ1) is 15.9. The van der Waals surface area contributed by atoms with Crippen molar-refractivity contribution in [3.05, 3.63) is 54.1 Å². The molecule has 0 spiro atoms. The fourth-order valence-electron chi connectivity index (χ4n) is 4.64. The predicted octanol–water partition coefficient (Wildman–Crippen LogP) is 2.93. The van der Waals surface area contributed by atoms with Gasteiger partial charge in [0, 0.05) is 38.2 Å². The van der Waals surface area contributed by atoms with Gasteiger partial charge in [-0.1, -0.05) is 24.6 Å². The molecule has 0 unspecified atom stereocenters. The number of anilines is 2. The summed E-state index contributed by atoms with van der Waals surface area (Å²) in [5.41, 5.74) is 2.51. The van der Waals surface area contributed by atoms with Crippen molar-refractivity contribution in [2.24, 2.45) is 5.10 Å². The highest BCUT2D eigenvalue weighted by Crippen LogP contribution is 2.32. The Morgan fingerprint density at radius 3 is 2.39 bits per heavy atom. The van der Waals surface area contributed by atoms with Gasteiger partial charge in [0.1, 0.15) is 5.71 Å². The van der Waals surface area contributed by atoms with Crippen LogP contribution in [-0.2, 0) is 26.0 Å². The summed E-state index contributed by atoms with van der Waals surface area (Å²) in [5.74, 6) is -0.388. The molecule has 33 heavy (non-hydrogen) atoms. The zero-order valence-corrected chi connectivity index (χ0v) is 19.1. The van der Waals surface area contributed by atoms with E-state index in [0.717, 1.165) is 24.8 Å². The van der Waals surface area contributed by atoms with E-state index in [-0.39, 0.29) is 29.6 Å². The fourth-order valence-corrected chi connectivity index (χ4v) is 6.21. The number of amides is 2. The van der Waals surface area contributed by atoms with E-state index in [1.54, 1.807) is 39.5 Å². The molecule has 2 aromatic rings. The van der Waals surface area contributed by atoms with Crippen molar-refractivity contribution in [1.82, 2.24) is 4.31 Å². The van der Waals surface area contributed by atoms with Gasteiger partial charge in [0.25, 0.3) is 5.91 Å². The van der Waals surface area contributed by atoms with Crippen LogP contribution in [0.3, 0.4) is 0 Å². The first kappa shape index (κ1) is 21.8. The topological polar surface area (TPSA) is 90.4 Å². The molecule has 0 radical (unpaired) electrons. The molecule has 0 aromatic heterocycles. The van der Waals surface area contributed by atoms with Gasteiger partial charge in [0.15, 0.2) is 0 Å². The molecule has 9 heteroatoms. The first-order valence-corrected chi connectivity index (χ1v) is 12.8. The molecule has 3 heterocycles. The van der Waals surface area contributed by atoms with Crippen LogP contribution in [0.25, 0.3) is 0 Å². The lowest BCUT2D eigenvalue weighted by molar-refractivity contribution is -0.118. The normalized spacial score (nSPS) is 19.4. The highest BCUT2D eigenvalue weighted by Gasteiger charge is 2.33. The maximum Gasteiger partial charge on any atom is 0.274 e. The molecule has 8 nitrogen and oxygen atoms in total. The average molecular weight is 467 g/mol. The monoisotopic (exact) mass is 466 g/mol. The Hall–Kier alpha value is -3.04. The van der Waals surface area contributed by atoms with Crippen LogP contribution >= 0.6 is 0 Å². The van der Waals surface area contributed by atoms with E-state index >= 15 is 0 Å². The SMILES string of the molecule is O=C(C1=NN(c2ccccc2)C(=O)CC1)N1CCc2cc(S(=O)(=O)N3CCCCC3)ccc21. The van der Waals surface area contributed by atoms with Crippen LogP contribution in [0, 0.1) is 0 Å². The number of hydrogen-bond acceptors (Lipinski definition) is 5. The molecule has 0 bridgehead atoms. The van der Waals surface area contributed by atoms with Crippen LogP contribution in [0.4, 0.5) is 11.4 Å². The van der Waals surface area contributed by atoms with E-state index in [0.29, 0.717) is 43.1 Å². The summed E-state index contributed by atoms with van der Waals surface area (Å²) in [6, 6.07) is 14.1. The second kappa shape index (κ2) is 8.72. The molecule has 3 aliphatic heterocycles. The van der Waals surface area contributed by atoms with Gasteiger partial charge in [-0.15, -0.1) is 0 Å². The predicted molar refractivity (Wildman–Crippen MR) is 126 cm³/mol. The van der Waals surface area contributed by atoms with Crippen molar-refractivity contribution >= 4 is 38.9 Å². The van der Waals surface area contributed by atoms with Crippen LogP contribution < -0.4 is 9.91 Å². The highest BCUT2D eigenvalue weighted by atomic mass is 32.2. The van der Waals surface area contributed by atoms with Crippen LogP contribution in [0.15, 0.2) is 58.5 Å². The Morgan fingerprint density at radius 1 is 0.879 bits per heavy atom. The number of carbonyl (C=O) groups excluding carboxylic acids is 2. The summed E-state index contributed by atoms with van der Waals surface area (Å²) in [6.45, 7) is 1.57. The Kier molecular flexibility index (Phi) is 5.76. The zero-order valence-electron chi connectivity index (χ0n) is 18.3. The molecule has 0 N–H and O–H groups in total. The third-order valence-corrected chi connectivity index (χ3v) is 8.32. The lowest BCUT2D eigenvalue weighted by Gasteiger charge is -2.26. The summed E-state index contributed by atoms with van der Waals surface area (Å²) in [6.07, 6.45) is 3.92. The summed E-state index contributed by atoms with van der Waals surface area (Å²) in [7, 11) is -3.52. The van der Waals surface area contributed by atoms with E-state index < -0.39 is 10.0 Å². The Bertz CT molecular complexity index is 1220. The molecule has 172 valence electrons. The molecule has 2 aromatic carbocycles. The van der Waals surface area contributed by atoms with Gasteiger partial charge in [-0.25, -0.2) is 13.4 Å². The van der Waals surface area contributed by atoms with Gasteiger partial charge < -0.3 is 4.90 Å².